The molecule has 1 saturated carbocycles. The van der Waals surface area contributed by atoms with E-state index in [0.29, 0.717) is 28.1 Å². The van der Waals surface area contributed by atoms with Crippen molar-refractivity contribution >= 4 is 23.0 Å². The van der Waals surface area contributed by atoms with Crippen LogP contribution in [-0.4, -0.2) is 44.1 Å². The van der Waals surface area contributed by atoms with Gasteiger partial charge in [0, 0.05) is 11.6 Å². The third kappa shape index (κ3) is 2.94. The number of aromatic nitrogens is 2. The van der Waals surface area contributed by atoms with E-state index in [0.717, 1.165) is 24.2 Å². The first-order valence-corrected chi connectivity index (χ1v) is 9.17. The smallest absolute Gasteiger partial charge is 0.326 e. The maximum absolute atomic E-state index is 13.5. The molecule has 4 rings (SSSR count). The molecule has 0 radical (unpaired) electrons. The van der Waals surface area contributed by atoms with Gasteiger partial charge in [0.2, 0.25) is 0 Å². The number of amides is 1. The van der Waals surface area contributed by atoms with E-state index in [1.165, 1.54) is 11.8 Å². The standard InChI is InChI=1S/C20H21N3O5/c1-9-7-14(12(4)27-9)16-8-15(17-10(2)22-28-18(17)21-16)19(24)23(13-5-6-13)11(3)20(25)26/h7-8,11,13H,5-6H2,1-4H3,(H,25,26). The lowest BCUT2D eigenvalue weighted by atomic mass is 10.0. The summed E-state index contributed by atoms with van der Waals surface area (Å²) < 4.78 is 10.9. The van der Waals surface area contributed by atoms with E-state index in [1.54, 1.807) is 13.0 Å². The molecule has 8 nitrogen and oxygen atoms in total. The van der Waals surface area contributed by atoms with Gasteiger partial charge in [-0.3, -0.25) is 4.79 Å². The number of aryl methyl sites for hydroxylation is 3. The first-order valence-electron chi connectivity index (χ1n) is 9.17. The maximum Gasteiger partial charge on any atom is 0.326 e. The molecule has 28 heavy (non-hydrogen) atoms. The van der Waals surface area contributed by atoms with Crippen LogP contribution < -0.4 is 0 Å². The van der Waals surface area contributed by atoms with Crippen molar-refractivity contribution in [3.05, 3.63) is 34.9 Å². The summed E-state index contributed by atoms with van der Waals surface area (Å²) in [4.78, 5) is 31.0. The number of carbonyl (C=O) groups excluding carboxylic acids is 1. The second-order valence-corrected chi connectivity index (χ2v) is 7.29. The molecule has 146 valence electrons. The monoisotopic (exact) mass is 383 g/mol. The largest absolute Gasteiger partial charge is 0.480 e. The zero-order chi connectivity index (χ0) is 20.2. The topological polar surface area (TPSA) is 110 Å². The maximum atomic E-state index is 13.5. The van der Waals surface area contributed by atoms with Crippen LogP contribution in [0.1, 0.15) is 47.3 Å². The summed E-state index contributed by atoms with van der Waals surface area (Å²) in [7, 11) is 0. The minimum Gasteiger partial charge on any atom is -0.480 e. The molecule has 1 aliphatic carbocycles. The summed E-state index contributed by atoms with van der Waals surface area (Å²) in [6.45, 7) is 6.93. The highest BCUT2D eigenvalue weighted by molar-refractivity contribution is 6.08. The predicted octanol–water partition coefficient (Wildman–Crippen LogP) is 3.49. The molecule has 1 amide bonds. The van der Waals surface area contributed by atoms with Gasteiger partial charge in [-0.25, -0.2) is 9.78 Å². The zero-order valence-electron chi connectivity index (χ0n) is 16.1. The number of carboxylic acid groups (broad SMARTS) is 1. The zero-order valence-corrected chi connectivity index (χ0v) is 16.1. The van der Waals surface area contributed by atoms with Crippen molar-refractivity contribution in [2.24, 2.45) is 0 Å². The number of carbonyl (C=O) groups is 2. The number of nitrogens with zero attached hydrogens (tertiary/aromatic N) is 3. The molecule has 1 N–H and O–H groups in total. The predicted molar refractivity (Wildman–Crippen MR) is 100 cm³/mol. The second kappa shape index (κ2) is 6.47. The fourth-order valence-corrected chi connectivity index (χ4v) is 3.56. The first-order chi connectivity index (χ1) is 13.3. The van der Waals surface area contributed by atoms with Crippen LogP contribution in [0.3, 0.4) is 0 Å². The molecular weight excluding hydrogens is 362 g/mol. The van der Waals surface area contributed by atoms with Gasteiger partial charge in [0.25, 0.3) is 11.6 Å². The van der Waals surface area contributed by atoms with Gasteiger partial charge in [-0.2, -0.15) is 0 Å². The normalized spacial score (nSPS) is 15.0. The lowest BCUT2D eigenvalue weighted by Crippen LogP contribution is -2.44. The van der Waals surface area contributed by atoms with Gasteiger partial charge >= 0.3 is 5.97 Å². The lowest BCUT2D eigenvalue weighted by molar-refractivity contribution is -0.141. The Kier molecular flexibility index (Phi) is 4.21. The molecule has 1 unspecified atom stereocenters. The van der Waals surface area contributed by atoms with Crippen LogP contribution in [0.5, 0.6) is 0 Å². The Bertz CT molecular complexity index is 1090. The highest BCUT2D eigenvalue weighted by Crippen LogP contribution is 2.34. The number of carboxylic acids is 1. The molecule has 3 aromatic heterocycles. The molecule has 1 atom stereocenters. The molecule has 1 fully saturated rings. The van der Waals surface area contributed by atoms with Crippen LogP contribution in [0, 0.1) is 20.8 Å². The third-order valence-electron chi connectivity index (χ3n) is 5.11. The van der Waals surface area contributed by atoms with Crippen LogP contribution in [0.4, 0.5) is 0 Å². The number of pyridine rings is 1. The molecule has 0 aromatic carbocycles. The minimum absolute atomic E-state index is 0.0664. The lowest BCUT2D eigenvalue weighted by Gasteiger charge is -2.26. The molecule has 8 heteroatoms. The van der Waals surface area contributed by atoms with E-state index in [9.17, 15) is 14.7 Å². The first kappa shape index (κ1) is 18.2. The summed E-state index contributed by atoms with van der Waals surface area (Å²) in [5.41, 5.74) is 2.41. The molecule has 0 spiro atoms. The summed E-state index contributed by atoms with van der Waals surface area (Å²) in [5.74, 6) is 0.0245. The Morgan fingerprint density at radius 2 is 1.96 bits per heavy atom. The van der Waals surface area contributed by atoms with E-state index < -0.39 is 12.0 Å². The molecule has 1 aliphatic rings. The van der Waals surface area contributed by atoms with Crippen LogP contribution in [-0.2, 0) is 4.79 Å². The summed E-state index contributed by atoms with van der Waals surface area (Å²) in [6, 6.07) is 2.53. The van der Waals surface area contributed by atoms with Gasteiger partial charge in [-0.1, -0.05) is 5.16 Å². The van der Waals surface area contributed by atoms with E-state index in [2.05, 4.69) is 10.1 Å². The molecule has 0 saturated heterocycles. The Labute approximate surface area is 161 Å². The number of rotatable bonds is 5. The van der Waals surface area contributed by atoms with Crippen molar-refractivity contribution < 1.29 is 23.6 Å². The van der Waals surface area contributed by atoms with Crippen LogP contribution in [0.2, 0.25) is 0 Å². The average molecular weight is 383 g/mol. The highest BCUT2D eigenvalue weighted by Gasteiger charge is 2.40. The van der Waals surface area contributed by atoms with Crippen LogP contribution >= 0.6 is 0 Å². The van der Waals surface area contributed by atoms with Gasteiger partial charge in [-0.05, 0) is 52.7 Å². The SMILES string of the molecule is Cc1cc(-c2cc(C(=O)N(C3CC3)C(C)C(=O)O)c3c(C)noc3n2)c(C)o1. The van der Waals surface area contributed by atoms with Gasteiger partial charge in [0.05, 0.1) is 22.3 Å². The second-order valence-electron chi connectivity index (χ2n) is 7.29. The molecule has 3 aromatic rings. The summed E-state index contributed by atoms with van der Waals surface area (Å²) in [6.07, 6.45) is 1.60. The van der Waals surface area contributed by atoms with Crippen molar-refractivity contribution in [1.82, 2.24) is 15.0 Å². The van der Waals surface area contributed by atoms with E-state index in [4.69, 9.17) is 8.94 Å². The third-order valence-corrected chi connectivity index (χ3v) is 5.11. The minimum atomic E-state index is -1.03. The number of furan rings is 1. The Balaban J connectivity index is 1.89. The van der Waals surface area contributed by atoms with E-state index in [-0.39, 0.29) is 17.7 Å². The Morgan fingerprint density at radius 3 is 2.54 bits per heavy atom. The molecular formula is C20H21N3O5. The Morgan fingerprint density at radius 1 is 1.25 bits per heavy atom. The summed E-state index contributed by atoms with van der Waals surface area (Å²) >= 11 is 0. The number of hydrogen-bond acceptors (Lipinski definition) is 6. The van der Waals surface area contributed by atoms with Gasteiger partial charge in [-0.15, -0.1) is 0 Å². The van der Waals surface area contributed by atoms with E-state index in [1.807, 2.05) is 19.9 Å². The quantitative estimate of drug-likeness (QED) is 0.718. The van der Waals surface area contributed by atoms with Crippen molar-refractivity contribution in [2.45, 2.75) is 52.6 Å². The molecule has 3 heterocycles. The highest BCUT2D eigenvalue weighted by atomic mass is 16.5. The van der Waals surface area contributed by atoms with Crippen molar-refractivity contribution in [3.63, 3.8) is 0 Å². The van der Waals surface area contributed by atoms with Crippen molar-refractivity contribution in [3.8, 4) is 11.3 Å². The number of hydrogen-bond donors (Lipinski definition) is 1. The number of aliphatic carboxylic acids is 1. The van der Waals surface area contributed by atoms with Crippen LogP contribution in [0.25, 0.3) is 22.4 Å². The summed E-state index contributed by atoms with van der Waals surface area (Å²) in [5, 5.41) is 13.9. The van der Waals surface area contributed by atoms with Gasteiger partial charge in [0.1, 0.15) is 17.6 Å². The van der Waals surface area contributed by atoms with Crippen molar-refractivity contribution in [2.75, 3.05) is 0 Å². The molecule has 0 bridgehead atoms. The van der Waals surface area contributed by atoms with Gasteiger partial charge in [0.15, 0.2) is 0 Å². The van der Waals surface area contributed by atoms with Crippen LogP contribution in [0.15, 0.2) is 21.1 Å². The molecule has 0 aliphatic heterocycles. The van der Waals surface area contributed by atoms with Crippen molar-refractivity contribution in [1.29, 1.82) is 0 Å². The fraction of sp³-hybridized carbons (Fsp3) is 0.400. The fourth-order valence-electron chi connectivity index (χ4n) is 3.56. The average Bonchev–Trinajstić information content (AvgIpc) is 3.32. The number of fused-ring (bicyclic) bond motifs is 1. The van der Waals surface area contributed by atoms with Gasteiger partial charge < -0.3 is 18.9 Å². The van der Waals surface area contributed by atoms with E-state index >= 15 is 0 Å². The Hall–Kier alpha value is -3.16.